The lowest BCUT2D eigenvalue weighted by Crippen LogP contribution is -2.36. The Balaban J connectivity index is 1.71. The third kappa shape index (κ3) is 3.42. The maximum atomic E-state index is 8.94. The molecule has 0 atom stereocenters. The van der Waals surface area contributed by atoms with E-state index < -0.39 is 0 Å². The molecule has 3 rings (SSSR count). The summed E-state index contributed by atoms with van der Waals surface area (Å²) in [6.07, 6.45) is 0. The number of morpholine rings is 1. The first-order valence-corrected chi connectivity index (χ1v) is 6.89. The second-order valence-corrected chi connectivity index (χ2v) is 4.95. The first kappa shape index (κ1) is 13.7. The Morgan fingerprint density at radius 2 is 2.10 bits per heavy atom. The van der Waals surface area contributed by atoms with Crippen LogP contribution < -0.4 is 0 Å². The van der Waals surface area contributed by atoms with Crippen LogP contribution in [-0.2, 0) is 17.8 Å². The zero-order valence-corrected chi connectivity index (χ0v) is 11.6. The van der Waals surface area contributed by atoms with E-state index >= 15 is 0 Å². The molecule has 0 aliphatic carbocycles. The summed E-state index contributed by atoms with van der Waals surface area (Å²) >= 11 is 0. The highest BCUT2D eigenvalue weighted by atomic mass is 16.5. The molecule has 1 aliphatic rings. The van der Waals surface area contributed by atoms with Crippen LogP contribution in [0.4, 0.5) is 0 Å². The Morgan fingerprint density at radius 3 is 2.90 bits per heavy atom. The van der Waals surface area contributed by atoms with E-state index in [1.54, 1.807) is 10.7 Å². The molecule has 21 heavy (non-hydrogen) atoms. The molecule has 1 aromatic heterocycles. The molecule has 108 valence electrons. The van der Waals surface area contributed by atoms with Crippen molar-refractivity contribution in [3.05, 3.63) is 41.2 Å². The number of hydrogen-bond acceptors (Lipinski definition) is 6. The Morgan fingerprint density at radius 1 is 1.24 bits per heavy atom. The summed E-state index contributed by atoms with van der Waals surface area (Å²) in [7, 11) is 0. The fraction of sp³-hybridized carbons (Fsp3) is 0.429. The Bertz CT molecular complexity index is 641. The normalized spacial score (nSPS) is 15.8. The van der Waals surface area contributed by atoms with Gasteiger partial charge in [-0.2, -0.15) is 5.26 Å². The number of hydrogen-bond donors (Lipinski definition) is 0. The van der Waals surface area contributed by atoms with Gasteiger partial charge in [0.2, 0.25) is 0 Å². The maximum absolute atomic E-state index is 8.94. The lowest BCUT2D eigenvalue weighted by molar-refractivity contribution is 0.0325. The van der Waals surface area contributed by atoms with Crippen LogP contribution in [0.25, 0.3) is 0 Å². The minimum atomic E-state index is 0.572. The van der Waals surface area contributed by atoms with Crippen molar-refractivity contribution < 1.29 is 4.74 Å². The molecule has 0 bridgehead atoms. The van der Waals surface area contributed by atoms with Crippen molar-refractivity contribution in [1.82, 2.24) is 25.1 Å². The molecule has 1 fully saturated rings. The third-order valence-electron chi connectivity index (χ3n) is 3.46. The highest BCUT2D eigenvalue weighted by molar-refractivity contribution is 5.32. The molecule has 2 aromatic rings. The minimum Gasteiger partial charge on any atom is -0.379 e. The molecule has 0 radical (unpaired) electrons. The van der Waals surface area contributed by atoms with Crippen LogP contribution in [-0.4, -0.2) is 51.4 Å². The van der Waals surface area contributed by atoms with Crippen LogP contribution in [0.2, 0.25) is 0 Å². The molecule has 2 heterocycles. The van der Waals surface area contributed by atoms with E-state index in [1.807, 2.05) is 18.2 Å². The molecule has 1 saturated heterocycles. The average Bonchev–Trinajstić information content (AvgIpc) is 2.95. The summed E-state index contributed by atoms with van der Waals surface area (Å²) in [6, 6.07) is 9.64. The van der Waals surface area contributed by atoms with E-state index in [-0.39, 0.29) is 0 Å². The van der Waals surface area contributed by atoms with Gasteiger partial charge in [-0.1, -0.05) is 12.1 Å². The van der Waals surface area contributed by atoms with E-state index in [1.165, 1.54) is 0 Å². The first-order chi connectivity index (χ1) is 10.3. The van der Waals surface area contributed by atoms with Gasteiger partial charge in [0.1, 0.15) is 0 Å². The van der Waals surface area contributed by atoms with Crippen LogP contribution in [0.1, 0.15) is 17.0 Å². The summed E-state index contributed by atoms with van der Waals surface area (Å²) < 4.78 is 7.12. The van der Waals surface area contributed by atoms with Crippen LogP contribution in [0.3, 0.4) is 0 Å². The van der Waals surface area contributed by atoms with Gasteiger partial charge < -0.3 is 4.74 Å². The molecule has 1 aromatic carbocycles. The SMILES string of the molecule is N#Cc1cccc(Cn2nnnc2CN2CCOCC2)c1. The molecule has 7 heteroatoms. The van der Waals surface area contributed by atoms with Gasteiger partial charge >= 0.3 is 0 Å². The minimum absolute atomic E-state index is 0.572. The molecule has 1 aliphatic heterocycles. The second-order valence-electron chi connectivity index (χ2n) is 4.95. The summed E-state index contributed by atoms with van der Waals surface area (Å²) in [5.41, 5.74) is 1.67. The van der Waals surface area contributed by atoms with E-state index in [0.29, 0.717) is 18.7 Å². The summed E-state index contributed by atoms with van der Waals surface area (Å²) in [5.74, 6) is 0.833. The number of ether oxygens (including phenoxy) is 1. The average molecular weight is 284 g/mol. The lowest BCUT2D eigenvalue weighted by Gasteiger charge is -2.25. The van der Waals surface area contributed by atoms with Gasteiger partial charge in [0.15, 0.2) is 5.82 Å². The Kier molecular flexibility index (Phi) is 4.19. The van der Waals surface area contributed by atoms with Crippen molar-refractivity contribution in [2.24, 2.45) is 0 Å². The monoisotopic (exact) mass is 284 g/mol. The predicted octanol–water partition coefficient (Wildman–Crippen LogP) is 0.425. The Hall–Kier alpha value is -2.30. The fourth-order valence-electron chi connectivity index (χ4n) is 2.33. The summed E-state index contributed by atoms with van der Waals surface area (Å²) in [5, 5.41) is 20.9. The topological polar surface area (TPSA) is 79.9 Å². The maximum Gasteiger partial charge on any atom is 0.165 e. The largest absolute Gasteiger partial charge is 0.379 e. The van der Waals surface area contributed by atoms with Gasteiger partial charge in [0.05, 0.1) is 37.9 Å². The molecule has 0 spiro atoms. The van der Waals surface area contributed by atoms with Gasteiger partial charge in [0.25, 0.3) is 0 Å². The van der Waals surface area contributed by atoms with E-state index in [0.717, 1.165) is 37.7 Å². The number of nitriles is 1. The fourth-order valence-corrected chi connectivity index (χ4v) is 2.33. The van der Waals surface area contributed by atoms with Crippen molar-refractivity contribution in [3.63, 3.8) is 0 Å². The highest BCUT2D eigenvalue weighted by Crippen LogP contribution is 2.09. The molecular weight excluding hydrogens is 268 g/mol. The molecule has 0 N–H and O–H groups in total. The number of tetrazole rings is 1. The zero-order valence-electron chi connectivity index (χ0n) is 11.6. The van der Waals surface area contributed by atoms with Crippen molar-refractivity contribution in [1.29, 1.82) is 5.26 Å². The number of rotatable bonds is 4. The van der Waals surface area contributed by atoms with Gasteiger partial charge in [-0.3, -0.25) is 4.90 Å². The van der Waals surface area contributed by atoms with Crippen LogP contribution in [0, 0.1) is 11.3 Å². The number of aromatic nitrogens is 4. The van der Waals surface area contributed by atoms with Crippen molar-refractivity contribution in [2.75, 3.05) is 26.3 Å². The van der Waals surface area contributed by atoms with E-state index in [9.17, 15) is 0 Å². The smallest absolute Gasteiger partial charge is 0.165 e. The van der Waals surface area contributed by atoms with E-state index in [4.69, 9.17) is 10.00 Å². The van der Waals surface area contributed by atoms with Crippen molar-refractivity contribution in [2.45, 2.75) is 13.1 Å². The van der Waals surface area contributed by atoms with Gasteiger partial charge in [0, 0.05) is 13.1 Å². The highest BCUT2D eigenvalue weighted by Gasteiger charge is 2.15. The molecular formula is C14H16N6O. The predicted molar refractivity (Wildman–Crippen MR) is 74.2 cm³/mol. The van der Waals surface area contributed by atoms with Gasteiger partial charge in [-0.25, -0.2) is 4.68 Å². The number of nitrogens with zero attached hydrogens (tertiary/aromatic N) is 6. The molecule has 7 nitrogen and oxygen atoms in total. The van der Waals surface area contributed by atoms with Crippen molar-refractivity contribution in [3.8, 4) is 6.07 Å². The quantitative estimate of drug-likeness (QED) is 0.810. The van der Waals surface area contributed by atoms with Gasteiger partial charge in [-0.05, 0) is 28.1 Å². The summed E-state index contributed by atoms with van der Waals surface area (Å²) in [6.45, 7) is 4.60. The van der Waals surface area contributed by atoms with Crippen LogP contribution in [0.15, 0.2) is 24.3 Å². The van der Waals surface area contributed by atoms with E-state index in [2.05, 4.69) is 26.5 Å². The first-order valence-electron chi connectivity index (χ1n) is 6.89. The number of benzene rings is 1. The van der Waals surface area contributed by atoms with Crippen LogP contribution in [0.5, 0.6) is 0 Å². The summed E-state index contributed by atoms with van der Waals surface area (Å²) in [4.78, 5) is 2.28. The lowest BCUT2D eigenvalue weighted by atomic mass is 10.1. The van der Waals surface area contributed by atoms with Crippen LogP contribution >= 0.6 is 0 Å². The standard InChI is InChI=1S/C14H16N6O/c15-9-12-2-1-3-13(8-12)10-20-14(16-17-18-20)11-19-4-6-21-7-5-19/h1-3,8H,4-7,10-11H2. The Labute approximate surface area is 122 Å². The van der Waals surface area contributed by atoms with Crippen molar-refractivity contribution >= 4 is 0 Å². The molecule has 0 unspecified atom stereocenters. The third-order valence-corrected chi connectivity index (χ3v) is 3.46. The molecule has 0 amide bonds. The zero-order chi connectivity index (χ0) is 14.5. The molecule has 0 saturated carbocycles. The second kappa shape index (κ2) is 6.43. The van der Waals surface area contributed by atoms with Gasteiger partial charge in [-0.15, -0.1) is 5.10 Å².